The molecule has 1 aromatic heterocycles. The summed E-state index contributed by atoms with van der Waals surface area (Å²) in [5.74, 6) is 0.698. The van der Waals surface area contributed by atoms with Crippen molar-refractivity contribution in [1.29, 1.82) is 0 Å². The molecule has 2 N–H and O–H groups in total. The molecule has 1 heterocycles. The summed E-state index contributed by atoms with van der Waals surface area (Å²) in [4.78, 5) is 17.6. The highest BCUT2D eigenvalue weighted by molar-refractivity contribution is 5.89. The molecule has 0 aliphatic rings. The van der Waals surface area contributed by atoms with Crippen LogP contribution in [0.1, 0.15) is 10.5 Å². The van der Waals surface area contributed by atoms with E-state index in [1.807, 2.05) is 31.3 Å². The molecule has 0 saturated carbocycles. The summed E-state index contributed by atoms with van der Waals surface area (Å²) in [5.41, 5.74) is 7.47. The minimum absolute atomic E-state index is 0.205. The first-order chi connectivity index (χ1) is 10.1. The lowest BCUT2D eigenvalue weighted by atomic mass is 10.2. The molecule has 0 saturated heterocycles. The fraction of sp³-hybridized carbons (Fsp3) is 0.200. The molecule has 6 heteroatoms. The Kier molecular flexibility index (Phi) is 4.27. The van der Waals surface area contributed by atoms with Gasteiger partial charge in [0.15, 0.2) is 11.5 Å². The van der Waals surface area contributed by atoms with Gasteiger partial charge < -0.3 is 20.1 Å². The van der Waals surface area contributed by atoms with Crippen LogP contribution in [0.2, 0.25) is 0 Å². The minimum atomic E-state index is -0.504. The largest absolute Gasteiger partial charge is 0.497 e. The maximum absolute atomic E-state index is 11.6. The Hall–Kier alpha value is -2.76. The summed E-state index contributed by atoms with van der Waals surface area (Å²) in [6.45, 7) is 0. The van der Waals surface area contributed by atoms with Crippen molar-refractivity contribution in [3.63, 3.8) is 0 Å². The number of carbonyl (C=O) groups is 1. The van der Waals surface area contributed by atoms with Gasteiger partial charge in [-0.05, 0) is 24.3 Å². The van der Waals surface area contributed by atoms with Crippen molar-refractivity contribution in [3.05, 3.63) is 42.1 Å². The highest BCUT2D eigenvalue weighted by atomic mass is 16.5. The number of esters is 1. The highest BCUT2D eigenvalue weighted by Gasteiger charge is 2.14. The van der Waals surface area contributed by atoms with E-state index in [1.54, 1.807) is 18.1 Å². The monoisotopic (exact) mass is 287 g/mol. The number of benzene rings is 1. The molecule has 0 radical (unpaired) electrons. The van der Waals surface area contributed by atoms with Crippen molar-refractivity contribution < 1.29 is 14.3 Å². The zero-order chi connectivity index (χ0) is 15.4. The smallest absolute Gasteiger partial charge is 0.356 e. The van der Waals surface area contributed by atoms with Crippen molar-refractivity contribution in [2.45, 2.75) is 0 Å². The first-order valence-electron chi connectivity index (χ1n) is 6.29. The Morgan fingerprint density at radius 1 is 1.24 bits per heavy atom. The van der Waals surface area contributed by atoms with Gasteiger partial charge in [-0.25, -0.2) is 9.78 Å². The zero-order valence-corrected chi connectivity index (χ0v) is 12.2. The molecule has 6 nitrogen and oxygen atoms in total. The van der Waals surface area contributed by atoms with Crippen LogP contribution in [0.25, 0.3) is 0 Å². The van der Waals surface area contributed by atoms with E-state index in [0.717, 1.165) is 11.4 Å². The molecule has 2 aromatic rings. The van der Waals surface area contributed by atoms with Crippen LogP contribution in [0.5, 0.6) is 5.75 Å². The first-order valence-corrected chi connectivity index (χ1v) is 6.29. The SMILES string of the molecule is COC(=O)c1ccc(N)c(N(C)c2cccc(OC)c2)n1. The predicted octanol–water partition coefficient (Wildman–Crippen LogP) is 2.23. The lowest BCUT2D eigenvalue weighted by Gasteiger charge is -2.21. The van der Waals surface area contributed by atoms with Crippen LogP contribution in [-0.2, 0) is 4.74 Å². The van der Waals surface area contributed by atoms with Crippen LogP contribution in [0.15, 0.2) is 36.4 Å². The van der Waals surface area contributed by atoms with Crippen molar-refractivity contribution in [2.24, 2.45) is 0 Å². The van der Waals surface area contributed by atoms with E-state index in [0.29, 0.717) is 11.5 Å². The summed E-state index contributed by atoms with van der Waals surface area (Å²) in [5, 5.41) is 0. The van der Waals surface area contributed by atoms with E-state index >= 15 is 0 Å². The number of ether oxygens (including phenoxy) is 2. The van der Waals surface area contributed by atoms with Gasteiger partial charge in [-0.1, -0.05) is 6.07 Å². The number of aromatic nitrogens is 1. The van der Waals surface area contributed by atoms with Gasteiger partial charge in [0.05, 0.1) is 19.9 Å². The number of hydrogen-bond donors (Lipinski definition) is 1. The Morgan fingerprint density at radius 2 is 2.00 bits per heavy atom. The van der Waals surface area contributed by atoms with Gasteiger partial charge in [0, 0.05) is 18.8 Å². The Bertz CT molecular complexity index is 658. The van der Waals surface area contributed by atoms with Crippen LogP contribution < -0.4 is 15.4 Å². The molecule has 110 valence electrons. The molecule has 0 fully saturated rings. The Morgan fingerprint density at radius 3 is 2.67 bits per heavy atom. The molecule has 0 bridgehead atoms. The minimum Gasteiger partial charge on any atom is -0.497 e. The molecule has 0 aliphatic carbocycles. The fourth-order valence-corrected chi connectivity index (χ4v) is 1.89. The number of methoxy groups -OCH3 is 2. The molecule has 0 aliphatic heterocycles. The molecular formula is C15H17N3O3. The van der Waals surface area contributed by atoms with Crippen LogP contribution in [0.4, 0.5) is 17.2 Å². The molecule has 0 spiro atoms. The number of nitrogens with zero attached hydrogens (tertiary/aromatic N) is 2. The van der Waals surface area contributed by atoms with Gasteiger partial charge in [-0.2, -0.15) is 0 Å². The van der Waals surface area contributed by atoms with E-state index < -0.39 is 5.97 Å². The lowest BCUT2D eigenvalue weighted by molar-refractivity contribution is 0.0594. The number of hydrogen-bond acceptors (Lipinski definition) is 6. The van der Waals surface area contributed by atoms with E-state index in [2.05, 4.69) is 9.72 Å². The second kappa shape index (κ2) is 6.13. The van der Waals surface area contributed by atoms with Crippen LogP contribution in [0, 0.1) is 0 Å². The normalized spacial score (nSPS) is 10.0. The quantitative estimate of drug-likeness (QED) is 0.869. The number of anilines is 3. The predicted molar refractivity (Wildman–Crippen MR) is 81.0 cm³/mol. The summed E-state index contributed by atoms with van der Waals surface area (Å²) < 4.78 is 9.87. The Labute approximate surface area is 123 Å². The molecule has 0 unspecified atom stereocenters. The molecule has 2 rings (SSSR count). The summed E-state index contributed by atoms with van der Waals surface area (Å²) in [6, 6.07) is 10.6. The second-order valence-electron chi connectivity index (χ2n) is 4.36. The van der Waals surface area contributed by atoms with Gasteiger partial charge in [0.25, 0.3) is 0 Å². The van der Waals surface area contributed by atoms with E-state index in [1.165, 1.54) is 13.2 Å². The summed E-state index contributed by atoms with van der Waals surface area (Å²) >= 11 is 0. The van der Waals surface area contributed by atoms with Gasteiger partial charge in [0.2, 0.25) is 0 Å². The molecule has 1 aromatic carbocycles. The summed E-state index contributed by atoms with van der Waals surface area (Å²) in [6.07, 6.45) is 0. The molecule has 21 heavy (non-hydrogen) atoms. The zero-order valence-electron chi connectivity index (χ0n) is 12.2. The lowest BCUT2D eigenvalue weighted by Crippen LogP contribution is -2.16. The fourth-order valence-electron chi connectivity index (χ4n) is 1.89. The second-order valence-corrected chi connectivity index (χ2v) is 4.36. The number of nitrogen functional groups attached to an aromatic ring is 1. The van der Waals surface area contributed by atoms with Crippen molar-refractivity contribution >= 4 is 23.2 Å². The van der Waals surface area contributed by atoms with Crippen LogP contribution in [-0.4, -0.2) is 32.2 Å². The number of pyridine rings is 1. The van der Waals surface area contributed by atoms with Crippen LogP contribution in [0.3, 0.4) is 0 Å². The third-order valence-corrected chi connectivity index (χ3v) is 3.06. The summed E-state index contributed by atoms with van der Waals surface area (Å²) in [7, 11) is 4.73. The van der Waals surface area contributed by atoms with Gasteiger partial charge in [-0.3, -0.25) is 0 Å². The van der Waals surface area contributed by atoms with Gasteiger partial charge in [0.1, 0.15) is 5.75 Å². The van der Waals surface area contributed by atoms with Crippen molar-refractivity contribution in [1.82, 2.24) is 4.98 Å². The molecule has 0 atom stereocenters. The van der Waals surface area contributed by atoms with E-state index in [9.17, 15) is 4.79 Å². The first kappa shape index (κ1) is 14.6. The van der Waals surface area contributed by atoms with E-state index in [4.69, 9.17) is 10.5 Å². The maximum atomic E-state index is 11.6. The van der Waals surface area contributed by atoms with Crippen molar-refractivity contribution in [3.8, 4) is 5.75 Å². The molecule has 0 amide bonds. The van der Waals surface area contributed by atoms with Gasteiger partial charge >= 0.3 is 5.97 Å². The van der Waals surface area contributed by atoms with E-state index in [-0.39, 0.29) is 5.69 Å². The third kappa shape index (κ3) is 3.05. The van der Waals surface area contributed by atoms with Crippen molar-refractivity contribution in [2.75, 3.05) is 31.9 Å². The highest BCUT2D eigenvalue weighted by Crippen LogP contribution is 2.29. The Balaban J connectivity index is 2.41. The standard InChI is InChI=1S/C15H17N3O3/c1-18(10-5-4-6-11(9-10)20-2)14-12(16)7-8-13(17-14)15(19)21-3/h4-9H,16H2,1-3H3. The molecular weight excluding hydrogens is 270 g/mol. The van der Waals surface area contributed by atoms with Crippen LogP contribution >= 0.6 is 0 Å². The maximum Gasteiger partial charge on any atom is 0.356 e. The third-order valence-electron chi connectivity index (χ3n) is 3.06. The topological polar surface area (TPSA) is 77.7 Å². The number of carbonyl (C=O) groups excluding carboxylic acids is 1. The van der Waals surface area contributed by atoms with Gasteiger partial charge in [-0.15, -0.1) is 0 Å². The number of nitrogens with two attached hydrogens (primary N) is 1. The number of rotatable bonds is 4. The average Bonchev–Trinajstić information content (AvgIpc) is 2.54. The average molecular weight is 287 g/mol.